The van der Waals surface area contributed by atoms with Crippen LogP contribution in [-0.4, -0.2) is 26.0 Å². The van der Waals surface area contributed by atoms with E-state index in [1.54, 1.807) is 0 Å². The molecule has 13 heavy (non-hydrogen) atoms. The average Bonchev–Trinajstić information content (AvgIpc) is 2.10. The lowest BCUT2D eigenvalue weighted by Crippen LogP contribution is -2.19. The van der Waals surface area contributed by atoms with Crippen LogP contribution >= 0.6 is 11.8 Å². The molecule has 0 aromatic rings. The van der Waals surface area contributed by atoms with Gasteiger partial charge in [0, 0.05) is 11.1 Å². The first-order chi connectivity index (χ1) is 6.11. The summed E-state index contributed by atoms with van der Waals surface area (Å²) in [6, 6.07) is 0. The molecule has 0 saturated carbocycles. The molecule has 0 amide bonds. The topological polar surface area (TPSA) is 12.0 Å². The van der Waals surface area contributed by atoms with E-state index in [2.05, 4.69) is 45.7 Å². The highest BCUT2D eigenvalue weighted by Gasteiger charge is 2.16. The molecule has 0 aromatic carbocycles. The monoisotopic (exact) mass is 201 g/mol. The van der Waals surface area contributed by atoms with Gasteiger partial charge < -0.3 is 5.32 Å². The van der Waals surface area contributed by atoms with Crippen molar-refractivity contribution in [2.24, 2.45) is 11.8 Å². The minimum absolute atomic E-state index is 0.823. The molecule has 3 heteroatoms. The van der Waals surface area contributed by atoms with E-state index in [0.717, 1.165) is 23.0 Å². The van der Waals surface area contributed by atoms with Gasteiger partial charge in [0.2, 0.25) is 0 Å². The fraction of sp³-hybridized carbons (Fsp3) is 1.00. The highest BCUT2D eigenvalue weighted by Crippen LogP contribution is 2.27. The smallest absolute Gasteiger partial charge is 0.101 e. The summed E-state index contributed by atoms with van der Waals surface area (Å²) in [7, 11) is 4.31. The van der Waals surface area contributed by atoms with E-state index in [1.807, 2.05) is 7.05 Å². The molecule has 0 heterocycles. The second-order valence-electron chi connectivity index (χ2n) is 4.22. The number of nitrogens with one attached hydrogen (secondary N) is 1. The first-order valence-electron chi connectivity index (χ1n) is 5.38. The first-order valence-corrected chi connectivity index (χ1v) is 6.42. The lowest BCUT2D eigenvalue weighted by molar-refractivity contribution is 0.489. The van der Waals surface area contributed by atoms with E-state index >= 15 is 0 Å². The van der Waals surface area contributed by atoms with Crippen LogP contribution in [0.25, 0.3) is 0 Å². The van der Waals surface area contributed by atoms with Gasteiger partial charge in [0.05, 0.1) is 0 Å². The van der Waals surface area contributed by atoms with Gasteiger partial charge in [-0.3, -0.25) is 0 Å². The van der Waals surface area contributed by atoms with Crippen LogP contribution in [0.3, 0.4) is 0 Å². The molecule has 0 aliphatic carbocycles. The average molecular weight is 201 g/mol. The number of thioether (sulfide) groups is 1. The largest absolute Gasteiger partial charge is 0.311 e. The minimum atomic E-state index is 0.823. The van der Waals surface area contributed by atoms with Crippen LogP contribution in [0, 0.1) is 11.8 Å². The maximum atomic E-state index is 3.21. The third-order valence-corrected chi connectivity index (χ3v) is 3.96. The normalized spacial score (nSPS) is 16.1. The molecule has 2 atom stereocenters. The van der Waals surface area contributed by atoms with Gasteiger partial charge in [0.1, 0.15) is 7.85 Å². The Morgan fingerprint density at radius 2 is 1.92 bits per heavy atom. The summed E-state index contributed by atoms with van der Waals surface area (Å²) in [6.45, 7) is 7.00. The van der Waals surface area contributed by atoms with Crippen LogP contribution in [0.1, 0.15) is 27.2 Å². The first kappa shape index (κ1) is 13.4. The molecule has 78 valence electrons. The Morgan fingerprint density at radius 1 is 1.31 bits per heavy atom. The molecule has 2 unspecified atom stereocenters. The van der Waals surface area contributed by atoms with Crippen LogP contribution < -0.4 is 5.32 Å². The molecular formula is C10H24BNS. The van der Waals surface area contributed by atoms with E-state index in [4.69, 9.17) is 0 Å². The quantitative estimate of drug-likeness (QED) is 0.499. The zero-order valence-electron chi connectivity index (χ0n) is 9.76. The van der Waals surface area contributed by atoms with Crippen molar-refractivity contribution in [1.82, 2.24) is 5.32 Å². The summed E-state index contributed by atoms with van der Waals surface area (Å²) in [5.74, 6) is 2.76. The summed E-state index contributed by atoms with van der Waals surface area (Å²) in [4.78, 5) is 0. The zero-order valence-corrected chi connectivity index (χ0v) is 10.6. The van der Waals surface area contributed by atoms with Gasteiger partial charge in [0.15, 0.2) is 0 Å². The minimum Gasteiger partial charge on any atom is -0.311 e. The Labute approximate surface area is 88.8 Å². The Hall–Kier alpha value is 0.375. The fourth-order valence-electron chi connectivity index (χ4n) is 1.38. The lowest BCUT2D eigenvalue weighted by atomic mass is 9.87. The van der Waals surface area contributed by atoms with Crippen LogP contribution in [-0.2, 0) is 0 Å². The van der Waals surface area contributed by atoms with Crippen LogP contribution in [0.5, 0.6) is 0 Å². The van der Waals surface area contributed by atoms with Gasteiger partial charge in [-0.15, -0.1) is 11.8 Å². The van der Waals surface area contributed by atoms with E-state index in [9.17, 15) is 0 Å². The molecule has 0 spiro atoms. The predicted molar refractivity (Wildman–Crippen MR) is 67.3 cm³/mol. The van der Waals surface area contributed by atoms with Crippen molar-refractivity contribution in [3.8, 4) is 0 Å². The maximum Gasteiger partial charge on any atom is 0.101 e. The number of hydrogen-bond donors (Lipinski definition) is 1. The van der Waals surface area contributed by atoms with Crippen molar-refractivity contribution in [2.45, 2.75) is 38.8 Å². The van der Waals surface area contributed by atoms with Crippen molar-refractivity contribution in [3.63, 3.8) is 0 Å². The summed E-state index contributed by atoms with van der Waals surface area (Å²) in [6.07, 6.45) is 2.65. The van der Waals surface area contributed by atoms with Crippen LogP contribution in [0.15, 0.2) is 0 Å². The molecule has 1 N–H and O–H groups in total. The molecule has 0 rings (SSSR count). The van der Waals surface area contributed by atoms with Gasteiger partial charge in [-0.25, -0.2) is 0 Å². The maximum absolute atomic E-state index is 3.21. The second-order valence-corrected chi connectivity index (χ2v) is 5.45. The van der Waals surface area contributed by atoms with E-state index < -0.39 is 0 Å². The second kappa shape index (κ2) is 7.75. The highest BCUT2D eigenvalue weighted by atomic mass is 32.2. The Kier molecular flexibility index (Phi) is 7.97. The molecule has 0 aliphatic rings. The predicted octanol–water partition coefficient (Wildman–Crippen LogP) is 2.00. The molecule has 0 aromatic heterocycles. The Morgan fingerprint density at radius 3 is 2.31 bits per heavy atom. The fourth-order valence-corrected chi connectivity index (χ4v) is 2.81. The standard InChI is InChI=1S/C10H24BNS/c1-8(2)5-10(9(3)6-11)13-7-12-4/h8-10,12H,5-7,11H2,1-4H3. The van der Waals surface area contributed by atoms with Crippen molar-refractivity contribution < 1.29 is 0 Å². The number of hydrogen-bond acceptors (Lipinski definition) is 2. The Balaban J connectivity index is 3.87. The summed E-state index contributed by atoms with van der Waals surface area (Å²) < 4.78 is 0. The molecule has 0 fully saturated rings. The van der Waals surface area contributed by atoms with Gasteiger partial charge >= 0.3 is 0 Å². The van der Waals surface area contributed by atoms with Gasteiger partial charge in [-0.2, -0.15) is 0 Å². The summed E-state index contributed by atoms with van der Waals surface area (Å²) >= 11 is 2.07. The number of rotatable bonds is 7. The van der Waals surface area contributed by atoms with Crippen LogP contribution in [0.4, 0.5) is 0 Å². The molecule has 0 bridgehead atoms. The lowest BCUT2D eigenvalue weighted by Gasteiger charge is -2.24. The van der Waals surface area contributed by atoms with Crippen molar-refractivity contribution >= 4 is 19.6 Å². The SMILES string of the molecule is BCC(C)C(CC(C)C)SCNC. The van der Waals surface area contributed by atoms with E-state index in [1.165, 1.54) is 12.7 Å². The van der Waals surface area contributed by atoms with E-state index in [0.29, 0.717) is 0 Å². The molecule has 0 radical (unpaired) electrons. The highest BCUT2D eigenvalue weighted by molar-refractivity contribution is 7.99. The summed E-state index contributed by atoms with van der Waals surface area (Å²) in [5.41, 5.74) is 0. The van der Waals surface area contributed by atoms with Crippen molar-refractivity contribution in [1.29, 1.82) is 0 Å². The molecule has 0 aliphatic heterocycles. The van der Waals surface area contributed by atoms with Crippen molar-refractivity contribution in [2.75, 3.05) is 12.9 Å². The third-order valence-electron chi connectivity index (χ3n) is 2.42. The third kappa shape index (κ3) is 6.45. The Bertz CT molecular complexity index is 119. The molecule has 0 saturated heterocycles. The van der Waals surface area contributed by atoms with Gasteiger partial charge in [-0.1, -0.05) is 27.1 Å². The van der Waals surface area contributed by atoms with E-state index in [-0.39, 0.29) is 0 Å². The van der Waals surface area contributed by atoms with Gasteiger partial charge in [0.25, 0.3) is 0 Å². The zero-order chi connectivity index (χ0) is 10.3. The summed E-state index contributed by atoms with van der Waals surface area (Å²) in [5, 5.41) is 4.04. The van der Waals surface area contributed by atoms with Crippen molar-refractivity contribution in [3.05, 3.63) is 0 Å². The molecular weight excluding hydrogens is 177 g/mol. The molecule has 1 nitrogen and oxygen atoms in total. The van der Waals surface area contributed by atoms with Gasteiger partial charge in [-0.05, 0) is 25.3 Å². The van der Waals surface area contributed by atoms with Crippen LogP contribution in [0.2, 0.25) is 6.32 Å².